The molecule has 1 fully saturated rings. The standard InChI is InChI=1S/C24H24ClF6N3O4/c1-22(14-9-12-33(2)18(35)13-14,21(37)32-15-7-10-23(27,28)11-8-15)34(20(36)19(25)26)16-3-5-17(6-4-16)38-24(29,30)31/h3-6,9,12-13,15,19H,7-8,10-11H2,1-2H3,(H,32,37)/t19-,22+/m0/s1. The van der Waals surface area contributed by atoms with Crippen LogP contribution >= 0.6 is 11.6 Å². The molecule has 1 N–H and O–H groups in total. The molecule has 2 atom stereocenters. The van der Waals surface area contributed by atoms with Crippen LogP contribution in [0.3, 0.4) is 0 Å². The molecule has 1 heterocycles. The maximum atomic E-state index is 14.2. The van der Waals surface area contributed by atoms with Crippen LogP contribution in [0.15, 0.2) is 47.4 Å². The number of amides is 2. The van der Waals surface area contributed by atoms with Gasteiger partial charge in [0.05, 0.1) is 0 Å². The molecule has 1 aliphatic rings. The lowest BCUT2D eigenvalue weighted by molar-refractivity contribution is -0.274. The van der Waals surface area contributed by atoms with Gasteiger partial charge in [0, 0.05) is 43.9 Å². The molecule has 0 saturated heterocycles. The van der Waals surface area contributed by atoms with Crippen LogP contribution in [0.2, 0.25) is 0 Å². The largest absolute Gasteiger partial charge is 0.573 e. The normalized spacial score (nSPS) is 18.2. The van der Waals surface area contributed by atoms with Crippen molar-refractivity contribution in [3.8, 4) is 5.75 Å². The summed E-state index contributed by atoms with van der Waals surface area (Å²) in [6.07, 6.45) is -4.85. The van der Waals surface area contributed by atoms with Gasteiger partial charge in [-0.1, -0.05) is 11.6 Å². The van der Waals surface area contributed by atoms with Crippen LogP contribution in [0.1, 0.15) is 38.2 Å². The summed E-state index contributed by atoms with van der Waals surface area (Å²) in [5.74, 6) is -5.94. The number of hydrogen-bond acceptors (Lipinski definition) is 4. The number of hydrogen-bond donors (Lipinski definition) is 1. The van der Waals surface area contributed by atoms with Crippen molar-refractivity contribution < 1.29 is 40.7 Å². The minimum absolute atomic E-state index is 0.0793. The average molecular weight is 568 g/mol. The Balaban J connectivity index is 2.11. The number of carbonyl (C=O) groups is 2. The number of nitrogens with one attached hydrogen (secondary N) is 1. The number of rotatable bonds is 7. The second-order valence-electron chi connectivity index (χ2n) is 9.06. The SMILES string of the molecule is Cn1ccc([C@](C)(C(=O)NC2CCC(F)(F)CC2)N(C(=O)[C@H](F)Cl)c2ccc(OC(F)(F)F)cc2)cc1=O. The Morgan fingerprint density at radius 2 is 1.74 bits per heavy atom. The molecule has 14 heteroatoms. The average Bonchev–Trinajstić information content (AvgIpc) is 2.82. The quantitative estimate of drug-likeness (QED) is 0.386. The van der Waals surface area contributed by atoms with Crippen LogP contribution in [0.25, 0.3) is 0 Å². The van der Waals surface area contributed by atoms with E-state index in [4.69, 9.17) is 11.6 Å². The number of carbonyl (C=O) groups excluding carboxylic acids is 2. The monoisotopic (exact) mass is 567 g/mol. The van der Waals surface area contributed by atoms with E-state index >= 15 is 0 Å². The summed E-state index contributed by atoms with van der Waals surface area (Å²) in [5.41, 5.74) is -5.80. The van der Waals surface area contributed by atoms with Gasteiger partial charge in [-0.15, -0.1) is 13.2 Å². The van der Waals surface area contributed by atoms with Gasteiger partial charge in [0.15, 0.2) is 0 Å². The van der Waals surface area contributed by atoms with E-state index in [1.165, 1.54) is 30.8 Å². The maximum Gasteiger partial charge on any atom is 0.573 e. The molecule has 2 amide bonds. The van der Waals surface area contributed by atoms with E-state index in [9.17, 15) is 40.7 Å². The van der Waals surface area contributed by atoms with Gasteiger partial charge >= 0.3 is 6.36 Å². The minimum Gasteiger partial charge on any atom is -0.406 e. The van der Waals surface area contributed by atoms with Gasteiger partial charge in [-0.3, -0.25) is 19.3 Å². The van der Waals surface area contributed by atoms with Crippen molar-refractivity contribution in [2.75, 3.05) is 4.90 Å². The van der Waals surface area contributed by atoms with Gasteiger partial charge in [-0.05, 0) is 55.7 Å². The molecular formula is C24H24ClF6N3O4. The van der Waals surface area contributed by atoms with Gasteiger partial charge in [0.25, 0.3) is 23.0 Å². The summed E-state index contributed by atoms with van der Waals surface area (Å²) < 4.78 is 84.3. The Bertz CT molecular complexity index is 1220. The smallest absolute Gasteiger partial charge is 0.406 e. The van der Waals surface area contributed by atoms with Gasteiger partial charge < -0.3 is 14.6 Å². The van der Waals surface area contributed by atoms with Crippen LogP contribution in [-0.4, -0.2) is 40.3 Å². The highest BCUT2D eigenvalue weighted by Gasteiger charge is 2.48. The molecule has 0 radical (unpaired) electrons. The van der Waals surface area contributed by atoms with Crippen molar-refractivity contribution in [2.45, 2.75) is 62.1 Å². The fraction of sp³-hybridized carbons (Fsp3) is 0.458. The third-order valence-corrected chi connectivity index (χ3v) is 6.53. The second-order valence-corrected chi connectivity index (χ2v) is 9.44. The number of nitrogens with zero attached hydrogens (tertiary/aromatic N) is 2. The molecular weight excluding hydrogens is 544 g/mol. The van der Waals surface area contributed by atoms with Crippen LogP contribution in [0, 0.1) is 0 Å². The first-order chi connectivity index (χ1) is 17.5. The van der Waals surface area contributed by atoms with E-state index < -0.39 is 65.5 Å². The van der Waals surface area contributed by atoms with Crippen LogP contribution in [0.4, 0.5) is 32.0 Å². The summed E-state index contributed by atoms with van der Waals surface area (Å²) in [5, 5.41) is 2.60. The lowest BCUT2D eigenvalue weighted by atomic mass is 9.86. The predicted octanol–water partition coefficient (Wildman–Crippen LogP) is 4.76. The third kappa shape index (κ3) is 6.61. The number of anilines is 1. The number of pyridine rings is 1. The zero-order chi connectivity index (χ0) is 28.5. The first kappa shape index (κ1) is 29.3. The molecule has 0 aliphatic heterocycles. The molecule has 3 rings (SSSR count). The van der Waals surface area contributed by atoms with Gasteiger partial charge in [-0.2, -0.15) is 0 Å². The fourth-order valence-corrected chi connectivity index (χ4v) is 4.32. The summed E-state index contributed by atoms with van der Waals surface area (Å²) in [4.78, 5) is 39.9. The van der Waals surface area contributed by atoms with Gasteiger partial charge in [-0.25, -0.2) is 13.2 Å². The van der Waals surface area contributed by atoms with E-state index in [2.05, 4.69) is 10.1 Å². The Kier molecular flexibility index (Phi) is 8.39. The van der Waals surface area contributed by atoms with Crippen LogP contribution in [-0.2, 0) is 22.2 Å². The highest BCUT2D eigenvalue weighted by molar-refractivity contribution is 6.32. The highest BCUT2D eigenvalue weighted by atomic mass is 35.5. The molecule has 7 nitrogen and oxygen atoms in total. The summed E-state index contributed by atoms with van der Waals surface area (Å²) in [7, 11) is 1.42. The van der Waals surface area contributed by atoms with Crippen molar-refractivity contribution in [3.63, 3.8) is 0 Å². The summed E-state index contributed by atoms with van der Waals surface area (Å²) in [6.45, 7) is 1.19. The third-order valence-electron chi connectivity index (χ3n) is 6.34. The molecule has 38 heavy (non-hydrogen) atoms. The molecule has 208 valence electrons. The Morgan fingerprint density at radius 1 is 1.16 bits per heavy atom. The lowest BCUT2D eigenvalue weighted by Gasteiger charge is -2.42. The zero-order valence-corrected chi connectivity index (χ0v) is 21.0. The molecule has 0 unspecified atom stereocenters. The Morgan fingerprint density at radius 3 is 2.24 bits per heavy atom. The number of aryl methyl sites for hydroxylation is 1. The molecule has 0 bridgehead atoms. The number of ether oxygens (including phenoxy) is 1. The first-order valence-corrected chi connectivity index (χ1v) is 11.8. The number of alkyl halides is 7. The predicted molar refractivity (Wildman–Crippen MR) is 126 cm³/mol. The highest BCUT2D eigenvalue weighted by Crippen LogP contribution is 2.38. The molecule has 1 aliphatic carbocycles. The van der Waals surface area contributed by atoms with Crippen molar-refractivity contribution in [1.29, 1.82) is 0 Å². The topological polar surface area (TPSA) is 80.6 Å². The minimum atomic E-state index is -5.01. The zero-order valence-electron chi connectivity index (χ0n) is 20.2. The van der Waals surface area contributed by atoms with Gasteiger partial charge in [0.2, 0.25) is 5.92 Å². The maximum absolute atomic E-state index is 14.2. The van der Waals surface area contributed by atoms with Crippen molar-refractivity contribution in [1.82, 2.24) is 9.88 Å². The fourth-order valence-electron chi connectivity index (χ4n) is 4.22. The van der Waals surface area contributed by atoms with E-state index in [-0.39, 0.29) is 24.1 Å². The second kappa shape index (κ2) is 10.9. The van der Waals surface area contributed by atoms with Crippen LogP contribution < -0.4 is 20.5 Å². The molecule has 0 spiro atoms. The summed E-state index contributed by atoms with van der Waals surface area (Å²) in [6, 6.07) is 5.27. The van der Waals surface area contributed by atoms with Crippen molar-refractivity contribution in [2.24, 2.45) is 7.05 Å². The van der Waals surface area contributed by atoms with Crippen LogP contribution in [0.5, 0.6) is 5.75 Å². The van der Waals surface area contributed by atoms with E-state index in [0.717, 1.165) is 30.3 Å². The van der Waals surface area contributed by atoms with E-state index in [1.54, 1.807) is 0 Å². The molecule has 1 aromatic heterocycles. The number of aromatic nitrogens is 1. The van der Waals surface area contributed by atoms with E-state index in [0.29, 0.717) is 4.90 Å². The first-order valence-electron chi connectivity index (χ1n) is 11.4. The lowest BCUT2D eigenvalue weighted by Crippen LogP contribution is -2.60. The number of halogens is 7. The van der Waals surface area contributed by atoms with Crippen molar-refractivity contribution >= 4 is 29.1 Å². The van der Waals surface area contributed by atoms with Gasteiger partial charge in [0.1, 0.15) is 11.3 Å². The van der Waals surface area contributed by atoms with Crippen molar-refractivity contribution in [3.05, 3.63) is 58.5 Å². The Labute approximate surface area is 218 Å². The van der Waals surface area contributed by atoms with E-state index in [1.807, 2.05) is 0 Å². The Hall–Kier alpha value is -3.22. The summed E-state index contributed by atoms with van der Waals surface area (Å²) >= 11 is 5.46. The number of benzene rings is 1. The molecule has 1 aromatic carbocycles. The molecule has 2 aromatic rings. The molecule has 1 saturated carbocycles.